The van der Waals surface area contributed by atoms with Crippen molar-refractivity contribution in [2.24, 2.45) is 11.3 Å². The van der Waals surface area contributed by atoms with Crippen LogP contribution in [0.2, 0.25) is 0 Å². The number of hydrogen-bond acceptors (Lipinski definition) is 3. The second-order valence-corrected chi connectivity index (χ2v) is 7.67. The highest BCUT2D eigenvalue weighted by molar-refractivity contribution is 5.79. The maximum atomic E-state index is 12.4. The molecule has 0 aromatic carbocycles. The van der Waals surface area contributed by atoms with Gasteiger partial charge in [-0.1, -0.05) is 12.2 Å². The van der Waals surface area contributed by atoms with Crippen LogP contribution >= 0.6 is 0 Å². The number of carbonyl (C=O) groups excluding carboxylic acids is 1. The van der Waals surface area contributed by atoms with Gasteiger partial charge in [-0.05, 0) is 69.7 Å². The molecule has 4 nitrogen and oxygen atoms in total. The van der Waals surface area contributed by atoms with Crippen LogP contribution in [0.3, 0.4) is 0 Å². The van der Waals surface area contributed by atoms with E-state index >= 15 is 0 Å². The third kappa shape index (κ3) is 3.35. The fourth-order valence-electron chi connectivity index (χ4n) is 4.17. The predicted molar refractivity (Wildman–Crippen MR) is 86.0 cm³/mol. The standard InChI is InChI=1S/C18H27N3O/c1-17(13-19,15-6-7-15)20-16(22)12-21-11-5-10-18(14-21)8-3-2-4-9-18/h2-3,15H,4-12,14H2,1H3,(H,20,22)/t17-,18-/m1/s1. The molecule has 0 aromatic heterocycles. The summed E-state index contributed by atoms with van der Waals surface area (Å²) in [5.41, 5.74) is -0.277. The average molecular weight is 301 g/mol. The molecule has 1 amide bonds. The summed E-state index contributed by atoms with van der Waals surface area (Å²) in [6.45, 7) is 4.34. The van der Waals surface area contributed by atoms with Gasteiger partial charge in [-0.15, -0.1) is 0 Å². The van der Waals surface area contributed by atoms with Crippen molar-refractivity contribution in [2.45, 2.75) is 57.4 Å². The second-order valence-electron chi connectivity index (χ2n) is 7.67. The number of amides is 1. The van der Waals surface area contributed by atoms with Gasteiger partial charge in [-0.25, -0.2) is 0 Å². The third-order valence-corrected chi connectivity index (χ3v) is 5.69. The number of nitrogens with zero attached hydrogens (tertiary/aromatic N) is 2. The average Bonchev–Trinajstić information content (AvgIpc) is 3.33. The summed E-state index contributed by atoms with van der Waals surface area (Å²) in [4.78, 5) is 14.7. The molecular weight excluding hydrogens is 274 g/mol. The fraction of sp³-hybridized carbons (Fsp3) is 0.778. The minimum absolute atomic E-state index is 0.0133. The monoisotopic (exact) mass is 301 g/mol. The van der Waals surface area contributed by atoms with Gasteiger partial charge in [0.05, 0.1) is 12.6 Å². The Balaban J connectivity index is 1.55. The zero-order valence-electron chi connectivity index (χ0n) is 13.6. The Labute approximate surface area is 133 Å². The van der Waals surface area contributed by atoms with Crippen LogP contribution in [0, 0.1) is 22.7 Å². The molecule has 2 atom stereocenters. The largest absolute Gasteiger partial charge is 0.337 e. The lowest BCUT2D eigenvalue weighted by Gasteiger charge is -2.43. The lowest BCUT2D eigenvalue weighted by Crippen LogP contribution is -2.52. The maximum absolute atomic E-state index is 12.4. The predicted octanol–water partition coefficient (Wildman–Crippen LogP) is 2.62. The Kier molecular flexibility index (Phi) is 4.27. The number of nitrogens with one attached hydrogen (secondary N) is 1. The normalized spacial score (nSPS) is 31.5. The molecule has 3 aliphatic rings. The first-order chi connectivity index (χ1) is 10.6. The van der Waals surface area contributed by atoms with E-state index in [9.17, 15) is 10.1 Å². The highest BCUT2D eigenvalue weighted by Crippen LogP contribution is 2.41. The van der Waals surface area contributed by atoms with Gasteiger partial charge in [0.1, 0.15) is 5.54 Å². The smallest absolute Gasteiger partial charge is 0.235 e. The number of allylic oxidation sites excluding steroid dienone is 2. The van der Waals surface area contributed by atoms with E-state index in [0.717, 1.165) is 32.4 Å². The lowest BCUT2D eigenvalue weighted by molar-refractivity contribution is -0.124. The van der Waals surface area contributed by atoms with E-state index in [0.29, 0.717) is 17.9 Å². The lowest BCUT2D eigenvalue weighted by atomic mass is 9.71. The molecule has 0 radical (unpaired) electrons. The van der Waals surface area contributed by atoms with E-state index in [1.165, 1.54) is 25.7 Å². The molecule has 0 aromatic rings. The van der Waals surface area contributed by atoms with Gasteiger partial charge in [0.2, 0.25) is 5.91 Å². The van der Waals surface area contributed by atoms with Crippen LogP contribution in [-0.4, -0.2) is 36.0 Å². The van der Waals surface area contributed by atoms with E-state index in [4.69, 9.17) is 0 Å². The van der Waals surface area contributed by atoms with Gasteiger partial charge >= 0.3 is 0 Å². The molecule has 0 unspecified atom stereocenters. The van der Waals surface area contributed by atoms with Gasteiger partial charge in [0.25, 0.3) is 0 Å². The first kappa shape index (κ1) is 15.6. The quantitative estimate of drug-likeness (QED) is 0.812. The van der Waals surface area contributed by atoms with Crippen molar-refractivity contribution in [3.63, 3.8) is 0 Å². The van der Waals surface area contributed by atoms with E-state index < -0.39 is 5.54 Å². The molecule has 3 rings (SSSR count). The molecule has 1 spiro atoms. The van der Waals surface area contributed by atoms with Crippen LogP contribution in [0.1, 0.15) is 51.9 Å². The molecule has 22 heavy (non-hydrogen) atoms. The molecule has 0 bridgehead atoms. The molecule has 4 heteroatoms. The minimum atomic E-state index is -0.669. The van der Waals surface area contributed by atoms with Crippen LogP contribution < -0.4 is 5.32 Å². The van der Waals surface area contributed by atoms with Crippen molar-refractivity contribution in [1.29, 1.82) is 5.26 Å². The van der Waals surface area contributed by atoms with Gasteiger partial charge in [0.15, 0.2) is 0 Å². The molecule has 1 saturated carbocycles. The van der Waals surface area contributed by atoms with Crippen molar-refractivity contribution in [2.75, 3.05) is 19.6 Å². The Hall–Kier alpha value is -1.34. The van der Waals surface area contributed by atoms with Crippen molar-refractivity contribution >= 4 is 5.91 Å². The first-order valence-electron chi connectivity index (χ1n) is 8.65. The number of nitriles is 1. The van der Waals surface area contributed by atoms with Gasteiger partial charge < -0.3 is 5.32 Å². The number of rotatable bonds is 4. The summed E-state index contributed by atoms with van der Waals surface area (Å²) in [6, 6.07) is 2.31. The molecule has 2 fully saturated rings. The maximum Gasteiger partial charge on any atom is 0.235 e. The zero-order valence-corrected chi connectivity index (χ0v) is 13.6. The molecule has 1 heterocycles. The zero-order chi connectivity index (χ0) is 15.6. The van der Waals surface area contributed by atoms with Crippen molar-refractivity contribution in [3.05, 3.63) is 12.2 Å². The van der Waals surface area contributed by atoms with E-state index in [-0.39, 0.29) is 5.91 Å². The third-order valence-electron chi connectivity index (χ3n) is 5.69. The van der Waals surface area contributed by atoms with E-state index in [2.05, 4.69) is 28.4 Å². The summed E-state index contributed by atoms with van der Waals surface area (Å²) in [6.07, 6.45) is 12.8. The number of hydrogen-bond donors (Lipinski definition) is 1. The molecular formula is C18H27N3O. The number of likely N-dealkylation sites (tertiary alicyclic amines) is 1. The Morgan fingerprint density at radius 1 is 1.45 bits per heavy atom. The summed E-state index contributed by atoms with van der Waals surface area (Å²) in [5, 5.41) is 12.4. The topological polar surface area (TPSA) is 56.1 Å². The van der Waals surface area contributed by atoms with E-state index in [1.54, 1.807) is 0 Å². The Bertz CT molecular complexity index is 505. The Morgan fingerprint density at radius 2 is 2.27 bits per heavy atom. The van der Waals surface area contributed by atoms with Gasteiger partial charge in [0, 0.05) is 6.54 Å². The van der Waals surface area contributed by atoms with Crippen LogP contribution in [0.25, 0.3) is 0 Å². The first-order valence-corrected chi connectivity index (χ1v) is 8.65. The molecule has 120 valence electrons. The Morgan fingerprint density at radius 3 is 2.91 bits per heavy atom. The number of piperidine rings is 1. The van der Waals surface area contributed by atoms with Gasteiger partial charge in [-0.3, -0.25) is 9.69 Å². The fourth-order valence-corrected chi connectivity index (χ4v) is 4.17. The summed E-state index contributed by atoms with van der Waals surface area (Å²) >= 11 is 0. The summed E-state index contributed by atoms with van der Waals surface area (Å²) in [5.74, 6) is 0.358. The van der Waals surface area contributed by atoms with Crippen molar-refractivity contribution in [1.82, 2.24) is 10.2 Å². The van der Waals surface area contributed by atoms with Crippen LogP contribution in [-0.2, 0) is 4.79 Å². The van der Waals surface area contributed by atoms with Crippen molar-refractivity contribution < 1.29 is 4.79 Å². The highest BCUT2D eigenvalue weighted by atomic mass is 16.2. The molecule has 1 aliphatic heterocycles. The second kappa shape index (κ2) is 6.04. The summed E-state index contributed by atoms with van der Waals surface area (Å²) in [7, 11) is 0. The van der Waals surface area contributed by atoms with Crippen LogP contribution in [0.4, 0.5) is 0 Å². The molecule has 2 aliphatic carbocycles. The van der Waals surface area contributed by atoms with Crippen molar-refractivity contribution in [3.8, 4) is 6.07 Å². The molecule has 1 saturated heterocycles. The summed E-state index contributed by atoms with van der Waals surface area (Å²) < 4.78 is 0. The minimum Gasteiger partial charge on any atom is -0.337 e. The SMILES string of the molecule is C[C@](C#N)(NC(=O)CN1CCC[C@]2(CC=CCC2)C1)C1CC1. The highest BCUT2D eigenvalue weighted by Gasteiger charge is 2.43. The molecule has 1 N–H and O–H groups in total. The number of carbonyl (C=O) groups is 1. The van der Waals surface area contributed by atoms with Gasteiger partial charge in [-0.2, -0.15) is 5.26 Å². The van der Waals surface area contributed by atoms with E-state index in [1.807, 2.05) is 6.92 Å². The van der Waals surface area contributed by atoms with Crippen LogP contribution in [0.15, 0.2) is 12.2 Å². The van der Waals surface area contributed by atoms with Crippen LogP contribution in [0.5, 0.6) is 0 Å².